The van der Waals surface area contributed by atoms with Crippen LogP contribution in [0.4, 0.5) is 74.6 Å². The number of hydrogen-bond acceptors (Lipinski definition) is 0. The van der Waals surface area contributed by atoms with Crippen LogP contribution in [0.3, 0.4) is 0 Å². The van der Waals surface area contributed by atoms with E-state index in [0.29, 0.717) is 0 Å². The Morgan fingerprint density at radius 2 is 0.704 bits per heavy atom. The third-order valence-electron chi connectivity index (χ3n) is 2.78. The van der Waals surface area contributed by atoms with Crippen molar-refractivity contribution in [2.75, 3.05) is 0 Å². The van der Waals surface area contributed by atoms with Crippen molar-refractivity contribution >= 4 is 0 Å². The lowest BCUT2D eigenvalue weighted by Crippen LogP contribution is -2.72. The van der Waals surface area contributed by atoms with Crippen LogP contribution in [0.25, 0.3) is 0 Å². The molecule has 1 nitrogen and oxygen atoms in total. The van der Waals surface area contributed by atoms with Gasteiger partial charge in [0.2, 0.25) is 0 Å². The van der Waals surface area contributed by atoms with Gasteiger partial charge in [-0.2, -0.15) is 74.6 Å². The van der Waals surface area contributed by atoms with Gasteiger partial charge in [-0.05, 0) is 0 Å². The molecule has 27 heavy (non-hydrogen) atoms. The van der Waals surface area contributed by atoms with E-state index in [2.05, 4.69) is 0 Å². The topological polar surface area (TPSA) is 19.9 Å². The molecule has 0 bridgehead atoms. The molecule has 0 spiro atoms. The van der Waals surface area contributed by atoms with Crippen molar-refractivity contribution in [2.45, 2.75) is 41.7 Å². The molecule has 0 fully saturated rings. The fourth-order valence-corrected chi connectivity index (χ4v) is 1.23. The van der Waals surface area contributed by atoms with Gasteiger partial charge >= 0.3 is 47.7 Å². The molecule has 1 radical (unpaired) electrons. The van der Waals surface area contributed by atoms with Gasteiger partial charge in [0.15, 0.2) is 0 Å². The Hall–Kier alpha value is -1.65. The fraction of sp³-hybridized carbons (Fsp3) is 0.778. The predicted molar refractivity (Wildman–Crippen MR) is 45.7 cm³/mol. The summed E-state index contributed by atoms with van der Waals surface area (Å²) in [7, 11) is 0. The molecule has 0 aliphatic rings. The third kappa shape index (κ3) is 3.13. The van der Waals surface area contributed by atoms with Crippen molar-refractivity contribution in [3.63, 3.8) is 0 Å². The van der Waals surface area contributed by atoms with E-state index in [9.17, 15) is 79.7 Å². The standard InChI is InChI=1S/C9F17O/c10-1(2(11)27)3(12,13)4(14,15)5(16,17)6(18,19)7(20,21)8(22,23)9(24,25)26. The van der Waals surface area contributed by atoms with E-state index in [4.69, 9.17) is 0 Å². The molecule has 0 aromatic rings. The number of rotatable bonds is 6. The molecule has 0 unspecified atom stereocenters. The Labute approximate surface area is 135 Å². The van der Waals surface area contributed by atoms with E-state index in [1.807, 2.05) is 0 Å². The molecule has 0 aromatic heterocycles. The Morgan fingerprint density at radius 1 is 0.444 bits per heavy atom. The first kappa shape index (κ1) is 25.3. The van der Waals surface area contributed by atoms with E-state index in [0.717, 1.165) is 0 Å². The molecule has 0 amide bonds. The summed E-state index contributed by atoms with van der Waals surface area (Å²) in [6.45, 7) is 0. The molecule has 0 rings (SSSR count). The molecule has 0 heterocycles. The van der Waals surface area contributed by atoms with Gasteiger partial charge < -0.3 is 0 Å². The SMILES string of the molecule is [O]C(F)=C(F)C(F)(F)C(F)(F)C(F)(F)C(F)(F)C(F)(F)C(F)(F)C(F)(F)F. The number of allylic oxidation sites excluding steroid dienone is 1. The average molecular weight is 447 g/mol. The molecule has 0 N–H and O–H groups in total. The summed E-state index contributed by atoms with van der Waals surface area (Å²) in [5.74, 6) is -54.6. The van der Waals surface area contributed by atoms with E-state index in [-0.39, 0.29) is 0 Å². The molecular weight excluding hydrogens is 447 g/mol. The summed E-state index contributed by atoms with van der Waals surface area (Å²) < 4.78 is 212. The van der Waals surface area contributed by atoms with Crippen LogP contribution >= 0.6 is 0 Å². The maximum atomic E-state index is 12.9. The van der Waals surface area contributed by atoms with Crippen LogP contribution in [0.2, 0.25) is 0 Å². The molecule has 0 aliphatic heterocycles. The van der Waals surface area contributed by atoms with Crippen LogP contribution in [-0.4, -0.2) is 41.7 Å². The highest BCUT2D eigenvalue weighted by Crippen LogP contribution is 2.63. The molecule has 18 heteroatoms. The van der Waals surface area contributed by atoms with Crippen molar-refractivity contribution in [3.05, 3.63) is 11.8 Å². The largest absolute Gasteiger partial charge is 0.460 e. The Kier molecular flexibility index (Phi) is 5.80. The maximum Gasteiger partial charge on any atom is 0.460 e. The first-order chi connectivity index (χ1) is 11.4. The van der Waals surface area contributed by atoms with Gasteiger partial charge in [-0.3, -0.25) is 5.11 Å². The second-order valence-electron chi connectivity index (χ2n) is 4.53. The normalized spacial score (nSPS) is 17.1. The van der Waals surface area contributed by atoms with Crippen LogP contribution in [0.1, 0.15) is 0 Å². The summed E-state index contributed by atoms with van der Waals surface area (Å²) >= 11 is 0. The summed E-state index contributed by atoms with van der Waals surface area (Å²) in [6.07, 6.45) is -7.78. The van der Waals surface area contributed by atoms with Crippen molar-refractivity contribution in [1.82, 2.24) is 0 Å². The zero-order chi connectivity index (χ0) is 22.7. The van der Waals surface area contributed by atoms with Crippen LogP contribution in [0.15, 0.2) is 11.8 Å². The van der Waals surface area contributed by atoms with Gasteiger partial charge in [-0.1, -0.05) is 0 Å². The van der Waals surface area contributed by atoms with Crippen molar-refractivity contribution in [1.29, 1.82) is 0 Å². The van der Waals surface area contributed by atoms with Crippen LogP contribution in [0.5, 0.6) is 0 Å². The van der Waals surface area contributed by atoms with Crippen molar-refractivity contribution in [3.8, 4) is 0 Å². The average Bonchev–Trinajstić information content (AvgIpc) is 2.43. The molecule has 0 saturated heterocycles. The molecule has 0 saturated carbocycles. The minimum atomic E-state index is -8.63. The van der Waals surface area contributed by atoms with Gasteiger partial charge in [0.05, 0.1) is 0 Å². The highest BCUT2D eigenvalue weighted by atomic mass is 19.4. The third-order valence-corrected chi connectivity index (χ3v) is 2.78. The van der Waals surface area contributed by atoms with E-state index in [1.165, 1.54) is 0 Å². The van der Waals surface area contributed by atoms with Gasteiger partial charge in [-0.15, -0.1) is 0 Å². The van der Waals surface area contributed by atoms with Gasteiger partial charge in [0.25, 0.3) is 5.83 Å². The lowest BCUT2D eigenvalue weighted by molar-refractivity contribution is -0.451. The number of alkyl halides is 15. The lowest BCUT2D eigenvalue weighted by Gasteiger charge is -2.41. The highest BCUT2D eigenvalue weighted by Gasteiger charge is 2.93. The molecular formula is C9F17O. The highest BCUT2D eigenvalue weighted by molar-refractivity contribution is 5.19. The second kappa shape index (κ2) is 6.18. The second-order valence-corrected chi connectivity index (χ2v) is 4.53. The fourth-order valence-electron chi connectivity index (χ4n) is 1.23. The van der Waals surface area contributed by atoms with E-state index in [1.54, 1.807) is 0 Å². The minimum Gasteiger partial charge on any atom is -0.253 e. The van der Waals surface area contributed by atoms with Gasteiger partial charge in [0.1, 0.15) is 0 Å². The summed E-state index contributed by atoms with van der Waals surface area (Å²) in [5.41, 5.74) is 0. The molecule has 0 aromatic carbocycles. The number of halogens is 17. The summed E-state index contributed by atoms with van der Waals surface area (Å²) in [5, 5.41) is 9.56. The van der Waals surface area contributed by atoms with Crippen LogP contribution < -0.4 is 0 Å². The molecule has 161 valence electrons. The smallest absolute Gasteiger partial charge is 0.253 e. The molecule has 0 aliphatic carbocycles. The maximum absolute atomic E-state index is 12.9. The Balaban J connectivity index is 6.70. The zero-order valence-corrected chi connectivity index (χ0v) is 11.3. The van der Waals surface area contributed by atoms with Crippen molar-refractivity contribution < 1.29 is 79.7 Å². The van der Waals surface area contributed by atoms with Gasteiger partial charge in [-0.25, -0.2) is 0 Å². The van der Waals surface area contributed by atoms with Crippen LogP contribution in [-0.2, 0) is 5.11 Å². The van der Waals surface area contributed by atoms with Crippen LogP contribution in [0, 0.1) is 0 Å². The first-order valence-electron chi connectivity index (χ1n) is 5.42. The Bertz CT molecular complexity index is 592. The summed E-state index contributed by atoms with van der Waals surface area (Å²) in [6, 6.07) is -4.29. The van der Waals surface area contributed by atoms with E-state index >= 15 is 0 Å². The minimum absolute atomic E-state index is 4.29. The quantitative estimate of drug-likeness (QED) is 0.357. The van der Waals surface area contributed by atoms with Crippen molar-refractivity contribution in [2.24, 2.45) is 0 Å². The van der Waals surface area contributed by atoms with Gasteiger partial charge in [0, 0.05) is 0 Å². The summed E-state index contributed by atoms with van der Waals surface area (Å²) in [4.78, 5) is 0. The zero-order valence-electron chi connectivity index (χ0n) is 11.3. The predicted octanol–water partition coefficient (Wildman–Crippen LogP) is 5.90. The number of hydrogen-bond donors (Lipinski definition) is 0. The monoisotopic (exact) mass is 447 g/mol. The Morgan fingerprint density at radius 3 is 0.963 bits per heavy atom. The van der Waals surface area contributed by atoms with E-state index < -0.39 is 53.6 Å². The lowest BCUT2D eigenvalue weighted by atomic mass is 9.91. The first-order valence-corrected chi connectivity index (χ1v) is 5.42. The molecule has 0 atom stereocenters.